The van der Waals surface area contributed by atoms with Crippen molar-refractivity contribution in [1.82, 2.24) is 19.8 Å². The van der Waals surface area contributed by atoms with Crippen LogP contribution in [0.5, 0.6) is 0 Å². The van der Waals surface area contributed by atoms with Crippen LogP contribution in [0.2, 0.25) is 0 Å². The molecule has 0 unspecified atom stereocenters. The number of aliphatic hydroxyl groups is 1. The third-order valence-electron chi connectivity index (χ3n) is 4.76. The molecule has 2 heterocycles. The molecule has 0 aliphatic carbocycles. The minimum atomic E-state index is -0.663. The van der Waals surface area contributed by atoms with Gasteiger partial charge in [-0.1, -0.05) is 18.2 Å². The van der Waals surface area contributed by atoms with E-state index in [4.69, 9.17) is 0 Å². The van der Waals surface area contributed by atoms with Crippen molar-refractivity contribution in [1.29, 1.82) is 0 Å². The average Bonchev–Trinajstić information content (AvgIpc) is 3.06. The van der Waals surface area contributed by atoms with Crippen molar-refractivity contribution in [3.05, 3.63) is 53.9 Å². The van der Waals surface area contributed by atoms with Crippen LogP contribution in [-0.4, -0.2) is 45.3 Å². The Morgan fingerprint density at radius 2 is 2.12 bits per heavy atom. The highest BCUT2D eigenvalue weighted by molar-refractivity contribution is 5.75. The molecule has 1 atom stereocenters. The summed E-state index contributed by atoms with van der Waals surface area (Å²) >= 11 is 0. The molecule has 25 heavy (non-hydrogen) atoms. The van der Waals surface area contributed by atoms with Crippen molar-refractivity contribution < 1.29 is 14.3 Å². The van der Waals surface area contributed by atoms with Crippen molar-refractivity contribution in [3.63, 3.8) is 0 Å². The fraction of sp³-hybridized carbons (Fsp3) is 0.444. The molecule has 134 valence electrons. The molecule has 0 radical (unpaired) electrons. The second kappa shape index (κ2) is 7.65. The van der Waals surface area contributed by atoms with Gasteiger partial charge in [0, 0.05) is 44.7 Å². The number of aryl methyl sites for hydroxylation is 1. The predicted molar refractivity (Wildman–Crippen MR) is 91.4 cm³/mol. The first-order valence-corrected chi connectivity index (χ1v) is 8.48. The Morgan fingerprint density at radius 3 is 2.72 bits per heavy atom. The summed E-state index contributed by atoms with van der Waals surface area (Å²) in [5.74, 6) is 0.444. The van der Waals surface area contributed by atoms with Gasteiger partial charge in [0.2, 0.25) is 0 Å². The molecule has 2 aromatic rings. The van der Waals surface area contributed by atoms with E-state index in [0.717, 1.165) is 12.8 Å². The maximum atomic E-state index is 14.3. The van der Waals surface area contributed by atoms with Crippen LogP contribution < -0.4 is 5.32 Å². The average molecular weight is 346 g/mol. The number of hydrogen-bond acceptors (Lipinski definition) is 3. The number of benzene rings is 1. The third-order valence-corrected chi connectivity index (χ3v) is 4.76. The number of piperidine rings is 1. The van der Waals surface area contributed by atoms with Crippen molar-refractivity contribution in [3.8, 4) is 0 Å². The summed E-state index contributed by atoms with van der Waals surface area (Å²) in [6.07, 6.45) is 4.94. The largest absolute Gasteiger partial charge is 0.396 e. The van der Waals surface area contributed by atoms with Crippen LogP contribution in [0, 0.1) is 11.7 Å². The van der Waals surface area contributed by atoms with Crippen molar-refractivity contribution >= 4 is 6.03 Å². The Hall–Kier alpha value is -2.41. The molecular formula is C18H23FN4O2. The molecule has 7 heteroatoms. The first kappa shape index (κ1) is 17.4. The van der Waals surface area contributed by atoms with Crippen molar-refractivity contribution in [2.45, 2.75) is 18.9 Å². The van der Waals surface area contributed by atoms with Crippen molar-refractivity contribution in [2.24, 2.45) is 13.0 Å². The number of aromatic nitrogens is 2. The Balaban J connectivity index is 1.80. The molecule has 6 nitrogen and oxygen atoms in total. The molecule has 1 fully saturated rings. The number of halogens is 1. The maximum Gasteiger partial charge on any atom is 0.318 e. The molecule has 1 aromatic carbocycles. The van der Waals surface area contributed by atoms with Gasteiger partial charge in [-0.05, 0) is 24.8 Å². The van der Waals surface area contributed by atoms with E-state index in [-0.39, 0.29) is 24.4 Å². The molecule has 0 saturated carbocycles. The van der Waals surface area contributed by atoms with E-state index in [2.05, 4.69) is 10.3 Å². The highest BCUT2D eigenvalue weighted by atomic mass is 19.1. The lowest BCUT2D eigenvalue weighted by molar-refractivity contribution is 0.136. The van der Waals surface area contributed by atoms with E-state index < -0.39 is 6.04 Å². The van der Waals surface area contributed by atoms with E-state index in [1.54, 1.807) is 40.1 Å². The second-order valence-corrected chi connectivity index (χ2v) is 6.41. The van der Waals surface area contributed by atoms with Crippen LogP contribution >= 0.6 is 0 Å². The van der Waals surface area contributed by atoms with E-state index in [1.807, 2.05) is 7.05 Å². The number of carbonyl (C=O) groups excluding carboxylic acids is 1. The highest BCUT2D eigenvalue weighted by Gasteiger charge is 2.28. The van der Waals surface area contributed by atoms with Gasteiger partial charge >= 0.3 is 6.03 Å². The monoisotopic (exact) mass is 346 g/mol. The number of nitrogens with one attached hydrogen (secondary N) is 1. The molecule has 2 amide bonds. The van der Waals surface area contributed by atoms with Crippen LogP contribution in [0.3, 0.4) is 0 Å². The summed E-state index contributed by atoms with van der Waals surface area (Å²) in [6.45, 7) is 1.32. The van der Waals surface area contributed by atoms with Crippen LogP contribution in [0.4, 0.5) is 9.18 Å². The zero-order valence-electron chi connectivity index (χ0n) is 14.2. The Labute approximate surface area is 146 Å². The van der Waals surface area contributed by atoms with Crippen LogP contribution in [0.1, 0.15) is 30.3 Å². The van der Waals surface area contributed by atoms with E-state index >= 15 is 0 Å². The fourth-order valence-corrected chi connectivity index (χ4v) is 3.18. The summed E-state index contributed by atoms with van der Waals surface area (Å²) in [7, 11) is 1.81. The number of urea groups is 1. The third kappa shape index (κ3) is 3.82. The number of hydrogen-bond donors (Lipinski definition) is 2. The summed E-state index contributed by atoms with van der Waals surface area (Å²) in [5, 5.41) is 12.1. The van der Waals surface area contributed by atoms with Crippen LogP contribution in [-0.2, 0) is 7.05 Å². The topological polar surface area (TPSA) is 70.4 Å². The maximum absolute atomic E-state index is 14.3. The van der Waals surface area contributed by atoms with Gasteiger partial charge in [0.15, 0.2) is 0 Å². The standard InChI is InChI=1S/C18H23FN4O2/c1-22-11-8-20-17(22)16(14-4-2-3-5-15(14)19)21-18(25)23-9-6-13(12-24)7-10-23/h2-5,8,11,13,16,24H,6-7,9-10,12H2,1H3,(H,21,25)/t16-/m1/s1. The van der Waals surface area contributed by atoms with E-state index in [0.29, 0.717) is 24.5 Å². The van der Waals surface area contributed by atoms with Gasteiger partial charge in [0.1, 0.15) is 17.7 Å². The zero-order valence-corrected chi connectivity index (χ0v) is 14.2. The Morgan fingerprint density at radius 1 is 1.40 bits per heavy atom. The normalized spacial score (nSPS) is 16.7. The number of amides is 2. The zero-order chi connectivity index (χ0) is 17.8. The summed E-state index contributed by atoms with van der Waals surface area (Å²) < 4.78 is 16.1. The number of nitrogens with zero attached hydrogens (tertiary/aromatic N) is 3. The van der Waals surface area contributed by atoms with Crippen LogP contribution in [0.25, 0.3) is 0 Å². The predicted octanol–water partition coefficient (Wildman–Crippen LogP) is 2.06. The minimum absolute atomic E-state index is 0.153. The lowest BCUT2D eigenvalue weighted by Crippen LogP contribution is -2.46. The summed E-state index contributed by atoms with van der Waals surface area (Å²) in [6, 6.07) is 5.50. The van der Waals surface area contributed by atoms with Gasteiger partial charge in [-0.2, -0.15) is 0 Å². The quantitative estimate of drug-likeness (QED) is 0.890. The van der Waals surface area contributed by atoms with Crippen LogP contribution in [0.15, 0.2) is 36.7 Å². The van der Waals surface area contributed by atoms with E-state index in [9.17, 15) is 14.3 Å². The lowest BCUT2D eigenvalue weighted by Gasteiger charge is -2.32. The number of aliphatic hydroxyl groups excluding tert-OH is 1. The highest BCUT2D eigenvalue weighted by Crippen LogP contribution is 2.24. The van der Waals surface area contributed by atoms with Gasteiger partial charge in [0.05, 0.1) is 0 Å². The van der Waals surface area contributed by atoms with E-state index in [1.165, 1.54) is 6.07 Å². The van der Waals surface area contributed by atoms with Crippen molar-refractivity contribution in [2.75, 3.05) is 19.7 Å². The second-order valence-electron chi connectivity index (χ2n) is 6.41. The molecule has 1 aromatic heterocycles. The molecule has 1 aliphatic heterocycles. The number of carbonyl (C=O) groups is 1. The number of rotatable bonds is 4. The molecule has 2 N–H and O–H groups in total. The summed E-state index contributed by atoms with van der Waals surface area (Å²) in [5.41, 5.74) is 0.385. The number of imidazole rings is 1. The smallest absolute Gasteiger partial charge is 0.318 e. The minimum Gasteiger partial charge on any atom is -0.396 e. The summed E-state index contributed by atoms with van der Waals surface area (Å²) in [4.78, 5) is 18.7. The van der Waals surface area contributed by atoms with Gasteiger partial charge in [-0.3, -0.25) is 0 Å². The lowest BCUT2D eigenvalue weighted by atomic mass is 9.98. The molecular weight excluding hydrogens is 323 g/mol. The Bertz CT molecular complexity index is 725. The SMILES string of the molecule is Cn1ccnc1[C@H](NC(=O)N1CCC(CO)CC1)c1ccccc1F. The van der Waals surface area contributed by atoms with Gasteiger partial charge in [-0.15, -0.1) is 0 Å². The Kier molecular flexibility index (Phi) is 5.33. The first-order valence-electron chi connectivity index (χ1n) is 8.48. The molecule has 1 saturated heterocycles. The molecule has 3 rings (SSSR count). The molecule has 1 aliphatic rings. The van der Waals surface area contributed by atoms with Gasteiger partial charge in [0.25, 0.3) is 0 Å². The number of likely N-dealkylation sites (tertiary alicyclic amines) is 1. The van der Waals surface area contributed by atoms with Gasteiger partial charge in [-0.25, -0.2) is 14.2 Å². The molecule has 0 bridgehead atoms. The fourth-order valence-electron chi connectivity index (χ4n) is 3.18. The first-order chi connectivity index (χ1) is 12.1. The van der Waals surface area contributed by atoms with Gasteiger partial charge < -0.3 is 19.9 Å². The molecule has 0 spiro atoms.